The Bertz CT molecular complexity index is 456. The van der Waals surface area contributed by atoms with Gasteiger partial charge in [-0.25, -0.2) is 0 Å². The molecule has 0 aliphatic heterocycles. The Morgan fingerprint density at radius 3 is 2.26 bits per heavy atom. The van der Waals surface area contributed by atoms with E-state index in [0.29, 0.717) is 11.8 Å². The summed E-state index contributed by atoms with van der Waals surface area (Å²) in [5, 5.41) is 0. The summed E-state index contributed by atoms with van der Waals surface area (Å²) in [6.45, 7) is 7.97. The monoisotopic (exact) mass is 324 g/mol. The molecule has 3 unspecified atom stereocenters. The van der Waals surface area contributed by atoms with Gasteiger partial charge in [-0.3, -0.25) is 4.79 Å². The third kappa shape index (κ3) is 3.17. The van der Waals surface area contributed by atoms with Crippen molar-refractivity contribution in [3.05, 3.63) is 0 Å². The maximum atomic E-state index is 12.7. The molecule has 4 nitrogen and oxygen atoms in total. The number of ether oxygens (including phenoxy) is 3. The zero-order chi connectivity index (χ0) is 16.9. The lowest BCUT2D eigenvalue weighted by atomic mass is 9.52. The summed E-state index contributed by atoms with van der Waals surface area (Å²) in [5.74, 6) is 1.20. The van der Waals surface area contributed by atoms with Crippen LogP contribution in [0.2, 0.25) is 0 Å². The van der Waals surface area contributed by atoms with Crippen molar-refractivity contribution in [1.29, 1.82) is 0 Å². The van der Waals surface area contributed by atoms with Crippen LogP contribution in [0.1, 0.15) is 72.6 Å². The van der Waals surface area contributed by atoms with Crippen LogP contribution in [0.25, 0.3) is 0 Å². The Morgan fingerprint density at radius 2 is 1.74 bits per heavy atom. The molecule has 0 spiro atoms. The second-order valence-corrected chi connectivity index (χ2v) is 8.88. The fourth-order valence-electron chi connectivity index (χ4n) is 5.23. The average molecular weight is 324 g/mol. The van der Waals surface area contributed by atoms with Crippen molar-refractivity contribution in [3.63, 3.8) is 0 Å². The number of esters is 1. The van der Waals surface area contributed by atoms with E-state index in [-0.39, 0.29) is 23.5 Å². The van der Waals surface area contributed by atoms with E-state index in [1.165, 1.54) is 6.42 Å². The molecule has 0 radical (unpaired) electrons. The van der Waals surface area contributed by atoms with Gasteiger partial charge in [-0.15, -0.1) is 0 Å². The highest BCUT2D eigenvalue weighted by molar-refractivity contribution is 5.76. The highest BCUT2D eigenvalue weighted by Gasteiger charge is 2.61. The first kappa shape index (κ1) is 17.2. The minimum Gasteiger partial charge on any atom is -0.459 e. The molecule has 0 amide bonds. The lowest BCUT2D eigenvalue weighted by Gasteiger charge is -2.61. The van der Waals surface area contributed by atoms with Crippen LogP contribution >= 0.6 is 0 Å². The molecule has 4 aliphatic rings. The van der Waals surface area contributed by atoms with Crippen molar-refractivity contribution in [3.8, 4) is 0 Å². The Balaban J connectivity index is 1.79. The molecule has 4 saturated carbocycles. The molecule has 4 fully saturated rings. The number of methoxy groups -OCH3 is 1. The van der Waals surface area contributed by atoms with Crippen molar-refractivity contribution in [2.45, 2.75) is 90.1 Å². The fourth-order valence-corrected chi connectivity index (χ4v) is 5.23. The topological polar surface area (TPSA) is 44.8 Å². The van der Waals surface area contributed by atoms with Crippen molar-refractivity contribution in [2.75, 3.05) is 7.11 Å². The second-order valence-electron chi connectivity index (χ2n) is 8.88. The molecule has 0 N–H and O–H groups in total. The minimum absolute atomic E-state index is 0.0445. The molecule has 0 aromatic carbocycles. The van der Waals surface area contributed by atoms with E-state index in [1.54, 1.807) is 7.11 Å². The lowest BCUT2D eigenvalue weighted by molar-refractivity contribution is -0.276. The molecule has 4 rings (SSSR count). The number of hydrogen-bond acceptors (Lipinski definition) is 4. The van der Waals surface area contributed by atoms with E-state index in [0.717, 1.165) is 38.5 Å². The standard InChI is InChI=1S/C19H32O4/c1-6-17(3,4)16(20)23-19-10-14-7-15(11-19)9-18(8-14,12-19)22-13(2)21-5/h13-15H,6-12H2,1-5H3. The van der Waals surface area contributed by atoms with Gasteiger partial charge in [0.05, 0.1) is 11.0 Å². The summed E-state index contributed by atoms with van der Waals surface area (Å²) in [4.78, 5) is 12.7. The summed E-state index contributed by atoms with van der Waals surface area (Å²) in [5.41, 5.74) is -0.867. The predicted molar refractivity (Wildman–Crippen MR) is 87.9 cm³/mol. The molecule has 0 saturated heterocycles. The van der Waals surface area contributed by atoms with Crippen LogP contribution < -0.4 is 0 Å². The maximum Gasteiger partial charge on any atom is 0.312 e. The molecule has 4 heteroatoms. The Labute approximate surface area is 140 Å². The van der Waals surface area contributed by atoms with E-state index >= 15 is 0 Å². The van der Waals surface area contributed by atoms with Gasteiger partial charge in [0.15, 0.2) is 6.29 Å². The third-order valence-corrected chi connectivity index (χ3v) is 6.45. The van der Waals surface area contributed by atoms with E-state index in [9.17, 15) is 4.79 Å². The van der Waals surface area contributed by atoms with Gasteiger partial charge in [0, 0.05) is 13.5 Å². The van der Waals surface area contributed by atoms with E-state index in [4.69, 9.17) is 14.2 Å². The highest BCUT2D eigenvalue weighted by atomic mass is 16.7. The van der Waals surface area contributed by atoms with Gasteiger partial charge in [-0.1, -0.05) is 6.92 Å². The smallest absolute Gasteiger partial charge is 0.312 e. The molecule has 4 bridgehead atoms. The number of hydrogen-bond donors (Lipinski definition) is 0. The maximum absolute atomic E-state index is 12.7. The molecule has 4 aliphatic carbocycles. The first-order chi connectivity index (χ1) is 10.7. The van der Waals surface area contributed by atoms with Crippen LogP contribution in [-0.2, 0) is 19.0 Å². The van der Waals surface area contributed by atoms with E-state index in [2.05, 4.69) is 0 Å². The van der Waals surface area contributed by atoms with Gasteiger partial charge in [0.2, 0.25) is 0 Å². The van der Waals surface area contributed by atoms with E-state index in [1.807, 2.05) is 27.7 Å². The third-order valence-electron chi connectivity index (χ3n) is 6.45. The van der Waals surface area contributed by atoms with Crippen molar-refractivity contribution < 1.29 is 19.0 Å². The Kier molecular flexibility index (Phi) is 4.29. The zero-order valence-corrected chi connectivity index (χ0v) is 15.3. The summed E-state index contributed by atoms with van der Waals surface area (Å²) in [6, 6.07) is 0. The van der Waals surface area contributed by atoms with Crippen LogP contribution in [0.15, 0.2) is 0 Å². The van der Waals surface area contributed by atoms with Crippen LogP contribution in [0.5, 0.6) is 0 Å². The minimum atomic E-state index is -0.406. The van der Waals surface area contributed by atoms with Gasteiger partial charge < -0.3 is 14.2 Å². The summed E-state index contributed by atoms with van der Waals surface area (Å²) in [6.07, 6.45) is 6.92. The van der Waals surface area contributed by atoms with Crippen LogP contribution in [0.3, 0.4) is 0 Å². The number of carbonyl (C=O) groups is 1. The fraction of sp³-hybridized carbons (Fsp3) is 0.947. The van der Waals surface area contributed by atoms with E-state index < -0.39 is 5.41 Å². The Hall–Kier alpha value is -0.610. The van der Waals surface area contributed by atoms with Gasteiger partial charge in [-0.2, -0.15) is 0 Å². The largest absolute Gasteiger partial charge is 0.459 e. The van der Waals surface area contributed by atoms with Gasteiger partial charge in [0.1, 0.15) is 5.60 Å². The van der Waals surface area contributed by atoms with Gasteiger partial charge >= 0.3 is 5.97 Å². The quantitative estimate of drug-likeness (QED) is 0.546. The molecular weight excluding hydrogens is 292 g/mol. The molecule has 0 aromatic rings. The normalized spacial score (nSPS) is 40.2. The van der Waals surface area contributed by atoms with Crippen LogP contribution in [0.4, 0.5) is 0 Å². The second kappa shape index (κ2) is 5.73. The predicted octanol–water partition coefficient (Wildman–Crippen LogP) is 4.07. The molecule has 3 atom stereocenters. The van der Waals surface area contributed by atoms with Crippen LogP contribution in [-0.4, -0.2) is 30.6 Å². The van der Waals surface area contributed by atoms with Gasteiger partial charge in [-0.05, 0) is 71.1 Å². The summed E-state index contributed by atoms with van der Waals surface area (Å²) >= 11 is 0. The molecule has 132 valence electrons. The van der Waals surface area contributed by atoms with Crippen molar-refractivity contribution in [2.24, 2.45) is 17.3 Å². The molecule has 23 heavy (non-hydrogen) atoms. The average Bonchev–Trinajstić information content (AvgIpc) is 2.44. The summed E-state index contributed by atoms with van der Waals surface area (Å²) in [7, 11) is 1.69. The lowest BCUT2D eigenvalue weighted by Crippen LogP contribution is -2.62. The molecule has 0 heterocycles. The van der Waals surface area contributed by atoms with Crippen molar-refractivity contribution in [1.82, 2.24) is 0 Å². The SMILES string of the molecule is CCC(C)(C)C(=O)OC12CC3CC(C1)CC(OC(C)OC)(C3)C2. The molecule has 0 aromatic heterocycles. The van der Waals surface area contributed by atoms with Crippen molar-refractivity contribution >= 4 is 5.97 Å². The first-order valence-electron chi connectivity index (χ1n) is 9.15. The van der Waals surface area contributed by atoms with Crippen LogP contribution in [0, 0.1) is 17.3 Å². The molecular formula is C19H32O4. The number of rotatable bonds is 6. The zero-order valence-electron chi connectivity index (χ0n) is 15.3. The number of carbonyl (C=O) groups excluding carboxylic acids is 1. The van der Waals surface area contributed by atoms with Gasteiger partial charge in [0.25, 0.3) is 0 Å². The highest BCUT2D eigenvalue weighted by Crippen LogP contribution is 2.60. The first-order valence-corrected chi connectivity index (χ1v) is 9.15. The summed E-state index contributed by atoms with van der Waals surface area (Å²) < 4.78 is 17.8. The Morgan fingerprint density at radius 1 is 1.17 bits per heavy atom.